The standard InChI is InChI=1S/C12H21NO3/c1-10(14)16-12-5-3-2-4-11(12)13-6-8-15-9-7-13/h11-12H,2-9H2,1H3/t11-,12-/m0/s1. The molecule has 0 N–H and O–H groups in total. The van der Waals surface area contributed by atoms with E-state index in [0.717, 1.165) is 39.1 Å². The minimum absolute atomic E-state index is 0.101. The van der Waals surface area contributed by atoms with Gasteiger partial charge in [0.25, 0.3) is 0 Å². The quantitative estimate of drug-likeness (QED) is 0.664. The Morgan fingerprint density at radius 3 is 2.62 bits per heavy atom. The van der Waals surface area contributed by atoms with E-state index in [1.807, 2.05) is 0 Å². The number of morpholine rings is 1. The van der Waals surface area contributed by atoms with E-state index in [1.54, 1.807) is 0 Å². The van der Waals surface area contributed by atoms with Crippen LogP contribution in [0.2, 0.25) is 0 Å². The lowest BCUT2D eigenvalue weighted by molar-refractivity contribution is -0.153. The van der Waals surface area contributed by atoms with Crippen LogP contribution in [0.15, 0.2) is 0 Å². The molecule has 0 aromatic heterocycles. The number of ether oxygens (including phenoxy) is 2. The molecule has 0 aromatic rings. The second-order valence-electron chi connectivity index (χ2n) is 4.65. The van der Waals surface area contributed by atoms with Crippen molar-refractivity contribution in [1.82, 2.24) is 4.90 Å². The van der Waals surface area contributed by atoms with Crippen molar-refractivity contribution >= 4 is 5.97 Å². The lowest BCUT2D eigenvalue weighted by Gasteiger charge is -2.40. The molecule has 2 fully saturated rings. The molecular weight excluding hydrogens is 206 g/mol. The molecule has 0 radical (unpaired) electrons. The first-order valence-electron chi connectivity index (χ1n) is 6.26. The summed E-state index contributed by atoms with van der Waals surface area (Å²) >= 11 is 0. The molecule has 0 spiro atoms. The summed E-state index contributed by atoms with van der Waals surface area (Å²) in [6, 6.07) is 0.418. The molecule has 2 rings (SSSR count). The topological polar surface area (TPSA) is 38.8 Å². The van der Waals surface area contributed by atoms with Gasteiger partial charge in [-0.05, 0) is 19.3 Å². The normalized spacial score (nSPS) is 32.3. The number of carbonyl (C=O) groups is 1. The molecule has 92 valence electrons. The van der Waals surface area contributed by atoms with Crippen LogP contribution in [0.3, 0.4) is 0 Å². The third-order valence-corrected chi connectivity index (χ3v) is 3.50. The Kier molecular flexibility index (Phi) is 4.18. The van der Waals surface area contributed by atoms with Crippen LogP contribution in [-0.2, 0) is 14.3 Å². The highest BCUT2D eigenvalue weighted by molar-refractivity contribution is 5.66. The smallest absolute Gasteiger partial charge is 0.302 e. The highest BCUT2D eigenvalue weighted by Crippen LogP contribution is 2.26. The van der Waals surface area contributed by atoms with Gasteiger partial charge in [-0.3, -0.25) is 9.69 Å². The Labute approximate surface area is 96.9 Å². The molecule has 0 aromatic carbocycles. The Bertz CT molecular complexity index is 238. The molecule has 0 unspecified atom stereocenters. The van der Waals surface area contributed by atoms with Crippen LogP contribution in [0.4, 0.5) is 0 Å². The van der Waals surface area contributed by atoms with Crippen molar-refractivity contribution in [2.24, 2.45) is 0 Å². The SMILES string of the molecule is CC(=O)O[C@H]1CCCC[C@@H]1N1CCOCC1. The predicted molar refractivity (Wildman–Crippen MR) is 60.2 cm³/mol. The van der Waals surface area contributed by atoms with Gasteiger partial charge in [-0.25, -0.2) is 0 Å². The van der Waals surface area contributed by atoms with E-state index in [2.05, 4.69) is 4.90 Å². The summed E-state index contributed by atoms with van der Waals surface area (Å²) in [6.45, 7) is 5.07. The van der Waals surface area contributed by atoms with Gasteiger partial charge >= 0.3 is 5.97 Å². The average Bonchev–Trinajstić information content (AvgIpc) is 2.30. The molecule has 0 amide bonds. The molecule has 1 saturated heterocycles. The Morgan fingerprint density at radius 1 is 1.25 bits per heavy atom. The van der Waals surface area contributed by atoms with E-state index in [1.165, 1.54) is 19.8 Å². The van der Waals surface area contributed by atoms with Crippen molar-refractivity contribution in [3.8, 4) is 0 Å². The zero-order chi connectivity index (χ0) is 11.4. The second-order valence-corrected chi connectivity index (χ2v) is 4.65. The van der Waals surface area contributed by atoms with E-state index in [9.17, 15) is 4.79 Å². The van der Waals surface area contributed by atoms with E-state index < -0.39 is 0 Å². The number of carbonyl (C=O) groups excluding carboxylic acids is 1. The minimum Gasteiger partial charge on any atom is -0.461 e. The maximum atomic E-state index is 11.1. The van der Waals surface area contributed by atoms with Crippen LogP contribution in [0.1, 0.15) is 32.6 Å². The maximum Gasteiger partial charge on any atom is 0.302 e. The molecule has 2 atom stereocenters. The van der Waals surface area contributed by atoms with Crippen LogP contribution in [0.5, 0.6) is 0 Å². The average molecular weight is 227 g/mol. The Morgan fingerprint density at radius 2 is 1.94 bits per heavy atom. The van der Waals surface area contributed by atoms with E-state index in [0.29, 0.717) is 6.04 Å². The summed E-state index contributed by atoms with van der Waals surface area (Å²) < 4.78 is 10.8. The van der Waals surface area contributed by atoms with Crippen molar-refractivity contribution < 1.29 is 14.3 Å². The number of rotatable bonds is 2. The monoisotopic (exact) mass is 227 g/mol. The van der Waals surface area contributed by atoms with Gasteiger partial charge in [-0.2, -0.15) is 0 Å². The molecule has 1 aliphatic heterocycles. The summed E-state index contributed by atoms with van der Waals surface area (Å²) in [5.74, 6) is -0.148. The van der Waals surface area contributed by atoms with Crippen LogP contribution in [0.25, 0.3) is 0 Å². The molecule has 2 aliphatic rings. The van der Waals surface area contributed by atoms with Gasteiger partial charge in [0.2, 0.25) is 0 Å². The van der Waals surface area contributed by atoms with Crippen molar-refractivity contribution in [3.63, 3.8) is 0 Å². The Hall–Kier alpha value is -0.610. The molecule has 0 bridgehead atoms. The largest absolute Gasteiger partial charge is 0.461 e. The summed E-state index contributed by atoms with van der Waals surface area (Å²) in [5, 5.41) is 0. The molecule has 1 aliphatic carbocycles. The fourth-order valence-corrected chi connectivity index (χ4v) is 2.75. The molecule has 1 heterocycles. The minimum atomic E-state index is -0.148. The van der Waals surface area contributed by atoms with E-state index >= 15 is 0 Å². The highest BCUT2D eigenvalue weighted by Gasteiger charge is 2.32. The summed E-state index contributed by atoms with van der Waals surface area (Å²) in [5.41, 5.74) is 0. The van der Waals surface area contributed by atoms with E-state index in [4.69, 9.17) is 9.47 Å². The molecule has 16 heavy (non-hydrogen) atoms. The summed E-state index contributed by atoms with van der Waals surface area (Å²) in [6.07, 6.45) is 4.70. The van der Waals surface area contributed by atoms with Crippen LogP contribution < -0.4 is 0 Å². The van der Waals surface area contributed by atoms with Crippen LogP contribution in [0, 0.1) is 0 Å². The van der Waals surface area contributed by atoms with Crippen molar-refractivity contribution in [1.29, 1.82) is 0 Å². The second kappa shape index (κ2) is 5.64. The van der Waals surface area contributed by atoms with Crippen molar-refractivity contribution in [2.45, 2.75) is 44.8 Å². The van der Waals surface area contributed by atoms with Gasteiger partial charge in [0, 0.05) is 26.1 Å². The first-order valence-corrected chi connectivity index (χ1v) is 6.26. The van der Waals surface area contributed by atoms with Gasteiger partial charge in [-0.15, -0.1) is 0 Å². The zero-order valence-corrected chi connectivity index (χ0v) is 9.98. The molecular formula is C12H21NO3. The summed E-state index contributed by atoms with van der Waals surface area (Å²) in [7, 11) is 0. The van der Waals surface area contributed by atoms with Crippen LogP contribution >= 0.6 is 0 Å². The zero-order valence-electron chi connectivity index (χ0n) is 9.98. The fraction of sp³-hybridized carbons (Fsp3) is 0.917. The first-order chi connectivity index (χ1) is 7.77. The summed E-state index contributed by atoms with van der Waals surface area (Å²) in [4.78, 5) is 13.5. The van der Waals surface area contributed by atoms with Crippen molar-refractivity contribution in [3.05, 3.63) is 0 Å². The van der Waals surface area contributed by atoms with Crippen LogP contribution in [-0.4, -0.2) is 49.3 Å². The van der Waals surface area contributed by atoms with E-state index in [-0.39, 0.29) is 12.1 Å². The lowest BCUT2D eigenvalue weighted by atomic mass is 9.91. The fourth-order valence-electron chi connectivity index (χ4n) is 2.75. The highest BCUT2D eigenvalue weighted by atomic mass is 16.5. The molecule has 4 heteroatoms. The Balaban J connectivity index is 1.94. The number of hydrogen-bond donors (Lipinski definition) is 0. The van der Waals surface area contributed by atoms with Crippen molar-refractivity contribution in [2.75, 3.05) is 26.3 Å². The number of hydrogen-bond acceptors (Lipinski definition) is 4. The third kappa shape index (κ3) is 2.95. The molecule has 1 saturated carbocycles. The number of esters is 1. The van der Waals surface area contributed by atoms with Gasteiger partial charge in [0.15, 0.2) is 0 Å². The van der Waals surface area contributed by atoms with Gasteiger partial charge in [0.05, 0.1) is 13.2 Å². The predicted octanol–water partition coefficient (Wildman–Crippen LogP) is 1.19. The third-order valence-electron chi connectivity index (χ3n) is 3.50. The maximum absolute atomic E-state index is 11.1. The van der Waals surface area contributed by atoms with Gasteiger partial charge < -0.3 is 9.47 Å². The lowest BCUT2D eigenvalue weighted by Crippen LogP contribution is -2.51. The first kappa shape index (κ1) is 11.9. The molecule has 4 nitrogen and oxygen atoms in total. The van der Waals surface area contributed by atoms with Gasteiger partial charge in [-0.1, -0.05) is 6.42 Å². The van der Waals surface area contributed by atoms with Gasteiger partial charge in [0.1, 0.15) is 6.10 Å². The number of nitrogens with zero attached hydrogens (tertiary/aromatic N) is 1.